The minimum atomic E-state index is -0.189. The van der Waals surface area contributed by atoms with Crippen LogP contribution in [-0.2, 0) is 4.74 Å². The van der Waals surface area contributed by atoms with E-state index < -0.39 is 0 Å². The van der Waals surface area contributed by atoms with Crippen molar-refractivity contribution in [2.45, 2.75) is 58.7 Å². The Labute approximate surface area is 82.3 Å². The van der Waals surface area contributed by atoms with Crippen LogP contribution in [0.15, 0.2) is 0 Å². The molecule has 0 heterocycles. The van der Waals surface area contributed by atoms with E-state index in [1.54, 1.807) is 7.11 Å². The molecule has 0 aliphatic rings. The van der Waals surface area contributed by atoms with E-state index in [9.17, 15) is 5.11 Å². The molecular weight excluding hydrogens is 164 g/mol. The SMILES string of the molecule is COC(C)(C)CCC[C@H](C)[C@H](C)O. The second kappa shape index (κ2) is 5.61. The quantitative estimate of drug-likeness (QED) is 0.694. The molecule has 0 saturated heterocycles. The number of rotatable bonds is 6. The Morgan fingerprint density at radius 3 is 2.23 bits per heavy atom. The Morgan fingerprint density at radius 1 is 1.31 bits per heavy atom. The minimum absolute atomic E-state index is 0.0155. The summed E-state index contributed by atoms with van der Waals surface area (Å²) >= 11 is 0. The van der Waals surface area contributed by atoms with Crippen LogP contribution in [-0.4, -0.2) is 23.9 Å². The smallest absolute Gasteiger partial charge is 0.0622 e. The molecule has 2 heteroatoms. The first kappa shape index (κ1) is 12.9. The lowest BCUT2D eigenvalue weighted by Gasteiger charge is -2.23. The van der Waals surface area contributed by atoms with Gasteiger partial charge in [0.05, 0.1) is 11.7 Å². The highest BCUT2D eigenvalue weighted by Gasteiger charge is 2.17. The van der Waals surface area contributed by atoms with Gasteiger partial charge in [-0.15, -0.1) is 0 Å². The zero-order valence-electron chi connectivity index (χ0n) is 9.63. The molecule has 13 heavy (non-hydrogen) atoms. The molecule has 0 aromatic rings. The van der Waals surface area contributed by atoms with Gasteiger partial charge in [0.1, 0.15) is 0 Å². The maximum Gasteiger partial charge on any atom is 0.0622 e. The van der Waals surface area contributed by atoms with E-state index in [4.69, 9.17) is 4.74 Å². The molecular formula is C11H24O2. The second-order valence-corrected chi connectivity index (χ2v) is 4.57. The third kappa shape index (κ3) is 6.05. The van der Waals surface area contributed by atoms with Crippen molar-refractivity contribution in [3.63, 3.8) is 0 Å². The van der Waals surface area contributed by atoms with Crippen molar-refractivity contribution in [3.05, 3.63) is 0 Å². The largest absolute Gasteiger partial charge is 0.393 e. The van der Waals surface area contributed by atoms with E-state index in [-0.39, 0.29) is 11.7 Å². The van der Waals surface area contributed by atoms with Crippen molar-refractivity contribution >= 4 is 0 Å². The van der Waals surface area contributed by atoms with Gasteiger partial charge in [0.2, 0.25) is 0 Å². The van der Waals surface area contributed by atoms with Gasteiger partial charge in [-0.1, -0.05) is 13.3 Å². The molecule has 0 unspecified atom stereocenters. The van der Waals surface area contributed by atoms with Crippen LogP contribution in [0.2, 0.25) is 0 Å². The number of hydrogen-bond donors (Lipinski definition) is 1. The van der Waals surface area contributed by atoms with Crippen LogP contribution in [0.1, 0.15) is 47.0 Å². The number of hydrogen-bond acceptors (Lipinski definition) is 2. The van der Waals surface area contributed by atoms with Crippen LogP contribution in [0.3, 0.4) is 0 Å². The summed E-state index contributed by atoms with van der Waals surface area (Å²) in [6.07, 6.45) is 3.06. The Morgan fingerprint density at radius 2 is 1.85 bits per heavy atom. The molecule has 0 amide bonds. The highest BCUT2D eigenvalue weighted by atomic mass is 16.5. The fourth-order valence-corrected chi connectivity index (χ4v) is 1.19. The molecule has 0 spiro atoms. The standard InChI is InChI=1S/C11H24O2/c1-9(10(2)12)7-6-8-11(3,4)13-5/h9-10,12H,6-8H2,1-5H3/t9-,10-/m0/s1. The van der Waals surface area contributed by atoms with Gasteiger partial charge in [-0.2, -0.15) is 0 Å². The molecule has 0 aromatic carbocycles. The average Bonchev–Trinajstić information content (AvgIpc) is 2.04. The van der Waals surface area contributed by atoms with Crippen LogP contribution in [0.25, 0.3) is 0 Å². The lowest BCUT2D eigenvalue weighted by atomic mass is 9.94. The predicted octanol–water partition coefficient (Wildman–Crippen LogP) is 2.60. The van der Waals surface area contributed by atoms with Gasteiger partial charge in [0, 0.05) is 7.11 Å². The van der Waals surface area contributed by atoms with Crippen LogP contribution in [0.5, 0.6) is 0 Å². The van der Waals surface area contributed by atoms with Gasteiger partial charge >= 0.3 is 0 Å². The Kier molecular flexibility index (Phi) is 5.57. The topological polar surface area (TPSA) is 29.5 Å². The molecule has 1 N–H and O–H groups in total. The summed E-state index contributed by atoms with van der Waals surface area (Å²) < 4.78 is 5.32. The van der Waals surface area contributed by atoms with Crippen LogP contribution < -0.4 is 0 Å². The highest BCUT2D eigenvalue weighted by molar-refractivity contribution is 4.69. The summed E-state index contributed by atoms with van der Waals surface area (Å²) in [4.78, 5) is 0. The van der Waals surface area contributed by atoms with Crippen molar-refractivity contribution in [1.29, 1.82) is 0 Å². The minimum Gasteiger partial charge on any atom is -0.393 e. The Bertz CT molecular complexity index is 130. The van der Waals surface area contributed by atoms with E-state index in [1.165, 1.54) is 0 Å². The molecule has 0 fully saturated rings. The van der Waals surface area contributed by atoms with E-state index >= 15 is 0 Å². The summed E-state index contributed by atoms with van der Waals surface area (Å²) in [5.41, 5.74) is -0.0155. The summed E-state index contributed by atoms with van der Waals surface area (Å²) in [7, 11) is 1.75. The zero-order chi connectivity index (χ0) is 10.5. The second-order valence-electron chi connectivity index (χ2n) is 4.57. The average molecular weight is 188 g/mol. The summed E-state index contributed by atoms with van der Waals surface area (Å²) in [6, 6.07) is 0. The van der Waals surface area contributed by atoms with Gasteiger partial charge in [-0.3, -0.25) is 0 Å². The zero-order valence-corrected chi connectivity index (χ0v) is 9.63. The first-order valence-electron chi connectivity index (χ1n) is 5.12. The van der Waals surface area contributed by atoms with Gasteiger partial charge in [0.15, 0.2) is 0 Å². The first-order chi connectivity index (χ1) is 5.89. The van der Waals surface area contributed by atoms with E-state index in [0.717, 1.165) is 19.3 Å². The number of aliphatic hydroxyl groups is 1. The lowest BCUT2D eigenvalue weighted by Crippen LogP contribution is -2.23. The summed E-state index contributed by atoms with van der Waals surface area (Å²) in [5, 5.41) is 9.28. The maximum absolute atomic E-state index is 9.28. The fraction of sp³-hybridized carbons (Fsp3) is 1.00. The van der Waals surface area contributed by atoms with E-state index in [0.29, 0.717) is 5.92 Å². The monoisotopic (exact) mass is 188 g/mol. The van der Waals surface area contributed by atoms with Crippen molar-refractivity contribution in [2.75, 3.05) is 7.11 Å². The lowest BCUT2D eigenvalue weighted by molar-refractivity contribution is 0.0111. The van der Waals surface area contributed by atoms with Crippen LogP contribution in [0.4, 0.5) is 0 Å². The fourth-order valence-electron chi connectivity index (χ4n) is 1.19. The van der Waals surface area contributed by atoms with Crippen LogP contribution in [0, 0.1) is 5.92 Å². The Hall–Kier alpha value is -0.0800. The number of aliphatic hydroxyl groups excluding tert-OH is 1. The molecule has 0 aliphatic heterocycles. The number of ether oxygens (including phenoxy) is 1. The molecule has 0 bridgehead atoms. The molecule has 2 atom stereocenters. The van der Waals surface area contributed by atoms with Crippen molar-refractivity contribution < 1.29 is 9.84 Å². The third-order valence-electron chi connectivity index (χ3n) is 2.81. The normalized spacial score (nSPS) is 17.1. The Balaban J connectivity index is 3.56. The molecule has 0 aliphatic carbocycles. The number of methoxy groups -OCH3 is 1. The predicted molar refractivity (Wildman–Crippen MR) is 55.8 cm³/mol. The first-order valence-corrected chi connectivity index (χ1v) is 5.12. The maximum atomic E-state index is 9.28. The molecule has 0 radical (unpaired) electrons. The van der Waals surface area contributed by atoms with E-state index in [1.807, 2.05) is 6.92 Å². The van der Waals surface area contributed by atoms with Crippen molar-refractivity contribution in [2.24, 2.45) is 5.92 Å². The van der Waals surface area contributed by atoms with Gasteiger partial charge in [0.25, 0.3) is 0 Å². The molecule has 80 valence electrons. The van der Waals surface area contributed by atoms with Crippen molar-refractivity contribution in [3.8, 4) is 0 Å². The molecule has 0 rings (SSSR count). The molecule has 2 nitrogen and oxygen atoms in total. The van der Waals surface area contributed by atoms with Crippen LogP contribution >= 0.6 is 0 Å². The van der Waals surface area contributed by atoms with Gasteiger partial charge < -0.3 is 9.84 Å². The molecule has 0 saturated carbocycles. The van der Waals surface area contributed by atoms with Gasteiger partial charge in [-0.25, -0.2) is 0 Å². The highest BCUT2D eigenvalue weighted by Crippen LogP contribution is 2.20. The summed E-state index contributed by atoms with van der Waals surface area (Å²) in [6.45, 7) is 8.14. The van der Waals surface area contributed by atoms with E-state index in [2.05, 4.69) is 20.8 Å². The molecule has 0 aromatic heterocycles. The summed E-state index contributed by atoms with van der Waals surface area (Å²) in [5.74, 6) is 0.396. The third-order valence-corrected chi connectivity index (χ3v) is 2.81. The van der Waals surface area contributed by atoms with Crippen molar-refractivity contribution in [1.82, 2.24) is 0 Å². The van der Waals surface area contributed by atoms with Gasteiger partial charge in [-0.05, 0) is 39.5 Å².